The van der Waals surface area contributed by atoms with Gasteiger partial charge in [-0.25, -0.2) is 9.13 Å². The summed E-state index contributed by atoms with van der Waals surface area (Å²) in [6, 6.07) is 0. The van der Waals surface area contributed by atoms with Crippen molar-refractivity contribution in [2.24, 2.45) is 0 Å². The molecule has 0 aromatic carbocycles. The zero-order valence-electron chi connectivity index (χ0n) is 31.7. The number of imidazole rings is 1. The first kappa shape index (κ1) is 42.2. The van der Waals surface area contributed by atoms with Crippen LogP contribution in [0.15, 0.2) is 12.4 Å². The van der Waals surface area contributed by atoms with Crippen molar-refractivity contribution < 1.29 is 4.57 Å². The Balaban J connectivity index is 2.16. The Labute approximate surface area is 285 Å². The number of unbranched alkanes of at least 4 members (excludes halogenated alkanes) is 31. The van der Waals surface area contributed by atoms with E-state index in [0.717, 1.165) is 0 Å². The fraction of sp³-hybridized carbons (Fsp3) is 0.930. The maximum absolute atomic E-state index is 2.63. The Morgan fingerprint density at radius 1 is 0.378 bits per heavy atom. The number of rotatable bonds is 37. The van der Waals surface area contributed by atoms with Crippen LogP contribution in [0.3, 0.4) is 0 Å². The highest BCUT2D eigenvalue weighted by atomic mass is 15.1. The predicted octanol–water partition coefficient (Wildman–Crippen LogP) is 14.6. The summed E-state index contributed by atoms with van der Waals surface area (Å²) in [4.78, 5) is 0. The first-order valence-electron chi connectivity index (χ1n) is 21.4. The maximum Gasteiger partial charge on any atom is 0.256 e. The van der Waals surface area contributed by atoms with Gasteiger partial charge in [-0.2, -0.15) is 0 Å². The Morgan fingerprint density at radius 2 is 0.689 bits per heavy atom. The van der Waals surface area contributed by atoms with Crippen molar-refractivity contribution in [1.29, 1.82) is 0 Å². The lowest BCUT2D eigenvalue weighted by molar-refractivity contribution is -0.704. The van der Waals surface area contributed by atoms with E-state index in [-0.39, 0.29) is 0 Å². The van der Waals surface area contributed by atoms with Gasteiger partial charge in [0.15, 0.2) is 0 Å². The number of aryl methyl sites for hydroxylation is 2. The van der Waals surface area contributed by atoms with Gasteiger partial charge in [0.1, 0.15) is 12.4 Å². The van der Waals surface area contributed by atoms with Crippen molar-refractivity contribution in [1.82, 2.24) is 4.57 Å². The van der Waals surface area contributed by atoms with Gasteiger partial charge in [-0.15, -0.1) is 0 Å². The van der Waals surface area contributed by atoms with Gasteiger partial charge in [-0.05, 0) is 32.1 Å². The first-order chi connectivity index (χ1) is 22.3. The second-order valence-corrected chi connectivity index (χ2v) is 14.8. The van der Waals surface area contributed by atoms with Crippen LogP contribution < -0.4 is 4.57 Å². The fourth-order valence-electron chi connectivity index (χ4n) is 7.21. The molecule has 0 amide bonds. The molecular formula is C43H85N2+. The van der Waals surface area contributed by atoms with Gasteiger partial charge in [0.25, 0.3) is 5.82 Å². The summed E-state index contributed by atoms with van der Waals surface area (Å²) in [5.74, 6) is 1.62. The standard InChI is InChI=1S/C43H85N2/c1-4-7-10-13-15-17-19-21-22-23-24-25-27-29-31-34-37-40-45-42-41-44(39-36-33-12-9-6-3)43(45)38-35-32-30-28-26-20-18-16-14-11-8-5-2/h41-42H,4-40H2,1-3H3/q+1. The van der Waals surface area contributed by atoms with Crippen LogP contribution in [0.2, 0.25) is 0 Å². The molecular weight excluding hydrogens is 544 g/mol. The molecule has 0 aliphatic heterocycles. The average Bonchev–Trinajstić information content (AvgIpc) is 3.43. The molecule has 0 unspecified atom stereocenters. The van der Waals surface area contributed by atoms with Gasteiger partial charge in [-0.3, -0.25) is 0 Å². The third-order valence-corrected chi connectivity index (χ3v) is 10.3. The molecule has 0 radical (unpaired) electrons. The highest BCUT2D eigenvalue weighted by molar-refractivity contribution is 4.84. The zero-order valence-corrected chi connectivity index (χ0v) is 31.7. The van der Waals surface area contributed by atoms with E-state index in [4.69, 9.17) is 0 Å². The number of aromatic nitrogens is 2. The van der Waals surface area contributed by atoms with Crippen LogP contribution >= 0.6 is 0 Å². The summed E-state index contributed by atoms with van der Waals surface area (Å²) in [7, 11) is 0. The van der Waals surface area contributed by atoms with E-state index >= 15 is 0 Å². The van der Waals surface area contributed by atoms with E-state index in [9.17, 15) is 0 Å². The lowest BCUT2D eigenvalue weighted by Crippen LogP contribution is -2.37. The number of hydrogen-bond acceptors (Lipinski definition) is 0. The van der Waals surface area contributed by atoms with Crippen molar-refractivity contribution in [2.45, 2.75) is 259 Å². The molecule has 0 fully saturated rings. The summed E-state index contributed by atoms with van der Waals surface area (Å²) in [5, 5.41) is 0. The largest absolute Gasteiger partial charge is 0.256 e. The zero-order chi connectivity index (χ0) is 32.3. The third-order valence-electron chi connectivity index (χ3n) is 10.3. The van der Waals surface area contributed by atoms with Crippen LogP contribution in [-0.2, 0) is 19.5 Å². The van der Waals surface area contributed by atoms with Crippen molar-refractivity contribution in [3.8, 4) is 0 Å². The van der Waals surface area contributed by atoms with E-state index < -0.39 is 0 Å². The first-order valence-corrected chi connectivity index (χ1v) is 21.4. The average molecular weight is 630 g/mol. The Kier molecular flexibility index (Phi) is 32.4. The van der Waals surface area contributed by atoms with E-state index in [1.165, 1.54) is 238 Å². The summed E-state index contributed by atoms with van der Waals surface area (Å²) >= 11 is 0. The van der Waals surface area contributed by atoms with Crippen LogP contribution in [0.4, 0.5) is 0 Å². The molecule has 1 aromatic rings. The SMILES string of the molecule is CCCCCCCCCCCCCCCCCCCn1cc[n+](CCCCCCC)c1CCCCCCCCCCCCCC. The monoisotopic (exact) mass is 630 g/mol. The van der Waals surface area contributed by atoms with Crippen LogP contribution in [0, 0.1) is 0 Å². The van der Waals surface area contributed by atoms with Gasteiger partial charge >= 0.3 is 0 Å². The van der Waals surface area contributed by atoms with Crippen LogP contribution in [0.5, 0.6) is 0 Å². The molecule has 1 heterocycles. The van der Waals surface area contributed by atoms with Crippen molar-refractivity contribution >= 4 is 0 Å². The van der Waals surface area contributed by atoms with Gasteiger partial charge in [0, 0.05) is 6.42 Å². The minimum atomic E-state index is 1.23. The van der Waals surface area contributed by atoms with E-state index in [1.807, 2.05) is 0 Å². The number of nitrogens with zero attached hydrogens (tertiary/aromatic N) is 2. The van der Waals surface area contributed by atoms with Gasteiger partial charge < -0.3 is 0 Å². The second-order valence-electron chi connectivity index (χ2n) is 14.8. The van der Waals surface area contributed by atoms with Crippen LogP contribution in [0.25, 0.3) is 0 Å². The highest BCUT2D eigenvalue weighted by Crippen LogP contribution is 2.16. The Hall–Kier alpha value is -0.790. The third kappa shape index (κ3) is 26.9. The summed E-state index contributed by atoms with van der Waals surface area (Å²) in [6.07, 6.45) is 54.9. The van der Waals surface area contributed by atoms with Gasteiger partial charge in [0.2, 0.25) is 0 Å². The van der Waals surface area contributed by atoms with Crippen molar-refractivity contribution in [3.05, 3.63) is 18.2 Å². The maximum atomic E-state index is 2.63. The smallest absolute Gasteiger partial charge is 0.234 e. The van der Waals surface area contributed by atoms with Crippen molar-refractivity contribution in [3.63, 3.8) is 0 Å². The van der Waals surface area contributed by atoms with Gasteiger partial charge in [-0.1, -0.05) is 207 Å². The molecule has 0 spiro atoms. The quantitative estimate of drug-likeness (QED) is 0.0511. The lowest BCUT2D eigenvalue weighted by atomic mass is 10.0. The van der Waals surface area contributed by atoms with E-state index in [2.05, 4.69) is 42.3 Å². The Morgan fingerprint density at radius 3 is 1.07 bits per heavy atom. The highest BCUT2D eigenvalue weighted by Gasteiger charge is 2.16. The fourth-order valence-corrected chi connectivity index (χ4v) is 7.21. The molecule has 2 heteroatoms. The van der Waals surface area contributed by atoms with Crippen LogP contribution in [0.1, 0.15) is 245 Å². The minimum Gasteiger partial charge on any atom is -0.234 e. The second kappa shape index (κ2) is 34.5. The number of hydrogen-bond donors (Lipinski definition) is 0. The molecule has 45 heavy (non-hydrogen) atoms. The van der Waals surface area contributed by atoms with Gasteiger partial charge in [0.05, 0.1) is 13.1 Å². The van der Waals surface area contributed by atoms with Crippen molar-refractivity contribution in [2.75, 3.05) is 0 Å². The summed E-state index contributed by atoms with van der Waals surface area (Å²) < 4.78 is 5.26. The molecule has 1 rings (SSSR count). The molecule has 1 aromatic heterocycles. The molecule has 0 atom stereocenters. The molecule has 2 nitrogen and oxygen atoms in total. The molecule has 266 valence electrons. The normalized spacial score (nSPS) is 11.6. The minimum absolute atomic E-state index is 1.23. The molecule has 0 saturated carbocycles. The topological polar surface area (TPSA) is 8.81 Å². The molecule has 0 aliphatic rings. The molecule has 0 bridgehead atoms. The molecule has 0 saturated heterocycles. The van der Waals surface area contributed by atoms with E-state index in [0.29, 0.717) is 0 Å². The van der Waals surface area contributed by atoms with Crippen LogP contribution in [-0.4, -0.2) is 4.57 Å². The molecule has 0 aliphatic carbocycles. The summed E-state index contributed by atoms with van der Waals surface area (Å²) in [6.45, 7) is 9.40. The molecule has 0 N–H and O–H groups in total. The predicted molar refractivity (Wildman–Crippen MR) is 202 cm³/mol. The summed E-state index contributed by atoms with van der Waals surface area (Å²) in [5.41, 5.74) is 0. The lowest BCUT2D eigenvalue weighted by Gasteiger charge is -2.07. The Bertz CT molecular complexity index is 692. The van der Waals surface area contributed by atoms with E-state index in [1.54, 1.807) is 5.82 Å².